The molecule has 1 N–H and O–H groups in total. The summed E-state index contributed by atoms with van der Waals surface area (Å²) in [6, 6.07) is 2.22. The van der Waals surface area contributed by atoms with Crippen LogP contribution in [-0.4, -0.2) is 17.8 Å². The summed E-state index contributed by atoms with van der Waals surface area (Å²) in [5.74, 6) is 3.40. The number of aliphatic hydroxyl groups is 1. The van der Waals surface area contributed by atoms with Gasteiger partial charge in [0.15, 0.2) is 17.4 Å². The Morgan fingerprint density at radius 2 is 1.74 bits per heavy atom. The third kappa shape index (κ3) is 3.24. The number of benzene rings is 1. The molecule has 1 aliphatic rings. The number of methoxy groups -OCH3 is 1. The van der Waals surface area contributed by atoms with E-state index in [1.807, 2.05) is 0 Å². The SMILES string of the molecule is COc1c(F)cc(C#CC2(O)CCCCC2)cc1F. The molecule has 2 nitrogen and oxygen atoms in total. The first-order valence-electron chi connectivity index (χ1n) is 6.33. The Morgan fingerprint density at radius 1 is 1.16 bits per heavy atom. The van der Waals surface area contributed by atoms with E-state index in [1.165, 1.54) is 7.11 Å². The second-order valence-corrected chi connectivity index (χ2v) is 4.82. The second-order valence-electron chi connectivity index (χ2n) is 4.82. The molecular weight excluding hydrogens is 250 g/mol. The van der Waals surface area contributed by atoms with Crippen LogP contribution in [0, 0.1) is 23.5 Å². The smallest absolute Gasteiger partial charge is 0.190 e. The zero-order chi connectivity index (χ0) is 13.9. The van der Waals surface area contributed by atoms with E-state index in [4.69, 9.17) is 0 Å². The fourth-order valence-corrected chi connectivity index (χ4v) is 2.28. The van der Waals surface area contributed by atoms with E-state index in [9.17, 15) is 13.9 Å². The van der Waals surface area contributed by atoms with Gasteiger partial charge in [0.1, 0.15) is 5.60 Å². The van der Waals surface area contributed by atoms with Crippen molar-refractivity contribution >= 4 is 0 Å². The van der Waals surface area contributed by atoms with Gasteiger partial charge in [-0.05, 0) is 37.8 Å². The van der Waals surface area contributed by atoms with E-state index in [0.29, 0.717) is 12.8 Å². The molecule has 0 bridgehead atoms. The maximum Gasteiger partial charge on any atom is 0.190 e. The number of hydrogen-bond acceptors (Lipinski definition) is 2. The lowest BCUT2D eigenvalue weighted by molar-refractivity contribution is 0.0610. The molecule has 0 unspecified atom stereocenters. The van der Waals surface area contributed by atoms with Crippen LogP contribution in [0.3, 0.4) is 0 Å². The molecule has 0 saturated heterocycles. The summed E-state index contributed by atoms with van der Waals surface area (Å²) in [4.78, 5) is 0. The lowest BCUT2D eigenvalue weighted by atomic mass is 9.85. The molecule has 1 fully saturated rings. The molecule has 1 aromatic carbocycles. The van der Waals surface area contributed by atoms with Gasteiger partial charge in [-0.1, -0.05) is 18.3 Å². The van der Waals surface area contributed by atoms with Crippen LogP contribution in [0.2, 0.25) is 0 Å². The van der Waals surface area contributed by atoms with Crippen molar-refractivity contribution in [3.05, 3.63) is 29.3 Å². The Labute approximate surface area is 111 Å². The van der Waals surface area contributed by atoms with Gasteiger partial charge in [0.25, 0.3) is 0 Å². The molecule has 4 heteroatoms. The van der Waals surface area contributed by atoms with Gasteiger partial charge < -0.3 is 9.84 Å². The van der Waals surface area contributed by atoms with Gasteiger partial charge in [-0.2, -0.15) is 0 Å². The van der Waals surface area contributed by atoms with Crippen molar-refractivity contribution in [1.82, 2.24) is 0 Å². The molecule has 0 aromatic heterocycles. The van der Waals surface area contributed by atoms with Gasteiger partial charge in [0.05, 0.1) is 7.11 Å². The number of halogens is 2. The van der Waals surface area contributed by atoms with Gasteiger partial charge in [0.2, 0.25) is 0 Å². The summed E-state index contributed by atoms with van der Waals surface area (Å²) in [6.45, 7) is 0. The maximum atomic E-state index is 13.5. The quantitative estimate of drug-likeness (QED) is 0.792. The van der Waals surface area contributed by atoms with Crippen LogP contribution in [0.5, 0.6) is 5.75 Å². The topological polar surface area (TPSA) is 29.5 Å². The molecule has 0 atom stereocenters. The van der Waals surface area contributed by atoms with E-state index < -0.39 is 23.0 Å². The molecule has 1 saturated carbocycles. The first-order chi connectivity index (χ1) is 9.04. The van der Waals surface area contributed by atoms with Crippen LogP contribution in [0.15, 0.2) is 12.1 Å². The second kappa shape index (κ2) is 5.58. The van der Waals surface area contributed by atoms with Crippen LogP contribution in [0.4, 0.5) is 8.78 Å². The predicted molar refractivity (Wildman–Crippen MR) is 67.8 cm³/mol. The molecule has 19 heavy (non-hydrogen) atoms. The first-order valence-corrected chi connectivity index (χ1v) is 6.33. The van der Waals surface area contributed by atoms with Crippen molar-refractivity contribution < 1.29 is 18.6 Å². The summed E-state index contributed by atoms with van der Waals surface area (Å²) in [7, 11) is 1.21. The zero-order valence-electron chi connectivity index (χ0n) is 10.8. The predicted octanol–water partition coefficient (Wildman–Crippen LogP) is 3.02. The molecule has 102 valence electrons. The van der Waals surface area contributed by atoms with Crippen molar-refractivity contribution in [1.29, 1.82) is 0 Å². The summed E-state index contributed by atoms with van der Waals surface area (Å²) < 4.78 is 31.6. The third-order valence-electron chi connectivity index (χ3n) is 3.32. The molecular formula is C15H16F2O2. The van der Waals surface area contributed by atoms with Gasteiger partial charge in [0, 0.05) is 5.56 Å². The van der Waals surface area contributed by atoms with Crippen molar-refractivity contribution in [2.24, 2.45) is 0 Å². The van der Waals surface area contributed by atoms with Crippen molar-refractivity contribution in [2.75, 3.05) is 7.11 Å². The molecule has 0 amide bonds. The molecule has 1 aliphatic carbocycles. The minimum Gasteiger partial charge on any atom is -0.491 e. The number of ether oxygens (including phenoxy) is 1. The lowest BCUT2D eigenvalue weighted by Gasteiger charge is -2.26. The van der Waals surface area contributed by atoms with E-state index in [0.717, 1.165) is 31.4 Å². The van der Waals surface area contributed by atoms with Crippen LogP contribution in [0.25, 0.3) is 0 Å². The Kier molecular flexibility index (Phi) is 4.06. The van der Waals surface area contributed by atoms with E-state index in [1.54, 1.807) is 0 Å². The number of hydrogen-bond donors (Lipinski definition) is 1. The highest BCUT2D eigenvalue weighted by Crippen LogP contribution is 2.27. The van der Waals surface area contributed by atoms with E-state index in [2.05, 4.69) is 16.6 Å². The van der Waals surface area contributed by atoms with Crippen molar-refractivity contribution in [3.8, 4) is 17.6 Å². The summed E-state index contributed by atoms with van der Waals surface area (Å²) >= 11 is 0. The van der Waals surface area contributed by atoms with Gasteiger partial charge in [-0.3, -0.25) is 0 Å². The van der Waals surface area contributed by atoms with E-state index in [-0.39, 0.29) is 5.56 Å². The standard InChI is InChI=1S/C15H16F2O2/c1-19-14-12(16)9-11(10-13(14)17)5-8-15(18)6-3-2-4-7-15/h9-10,18H,2-4,6-7H2,1H3. The summed E-state index contributed by atoms with van der Waals surface area (Å²) in [5.41, 5.74) is -0.819. The minimum absolute atomic E-state index is 0.204. The van der Waals surface area contributed by atoms with Gasteiger partial charge >= 0.3 is 0 Å². The Morgan fingerprint density at radius 3 is 2.26 bits per heavy atom. The molecule has 0 spiro atoms. The average Bonchev–Trinajstić information content (AvgIpc) is 2.37. The van der Waals surface area contributed by atoms with Crippen molar-refractivity contribution in [2.45, 2.75) is 37.7 Å². The highest BCUT2D eigenvalue weighted by molar-refractivity contribution is 5.41. The van der Waals surface area contributed by atoms with Gasteiger partial charge in [-0.25, -0.2) is 8.78 Å². The zero-order valence-corrected chi connectivity index (χ0v) is 10.8. The monoisotopic (exact) mass is 266 g/mol. The maximum absolute atomic E-state index is 13.5. The lowest BCUT2D eigenvalue weighted by Crippen LogP contribution is -2.29. The normalized spacial score (nSPS) is 17.5. The summed E-state index contributed by atoms with van der Waals surface area (Å²) in [5, 5.41) is 10.2. The van der Waals surface area contributed by atoms with Crippen LogP contribution in [-0.2, 0) is 0 Å². The van der Waals surface area contributed by atoms with Gasteiger partial charge in [-0.15, -0.1) is 0 Å². The number of rotatable bonds is 1. The largest absolute Gasteiger partial charge is 0.491 e. The first kappa shape index (κ1) is 13.8. The van der Waals surface area contributed by atoms with E-state index >= 15 is 0 Å². The fourth-order valence-electron chi connectivity index (χ4n) is 2.28. The fraction of sp³-hybridized carbons (Fsp3) is 0.467. The Balaban J connectivity index is 2.25. The summed E-state index contributed by atoms with van der Waals surface area (Å²) in [6.07, 6.45) is 4.17. The average molecular weight is 266 g/mol. The van der Waals surface area contributed by atoms with Crippen LogP contribution >= 0.6 is 0 Å². The third-order valence-corrected chi connectivity index (χ3v) is 3.32. The molecule has 0 heterocycles. The minimum atomic E-state index is -1.02. The van der Waals surface area contributed by atoms with Crippen LogP contribution < -0.4 is 4.74 Å². The van der Waals surface area contributed by atoms with Crippen LogP contribution in [0.1, 0.15) is 37.7 Å². The molecule has 2 rings (SSSR count). The molecule has 1 aromatic rings. The molecule has 0 radical (unpaired) electrons. The highest BCUT2D eigenvalue weighted by atomic mass is 19.1. The van der Waals surface area contributed by atoms with Crippen molar-refractivity contribution in [3.63, 3.8) is 0 Å². The Hall–Kier alpha value is -1.60. The highest BCUT2D eigenvalue weighted by Gasteiger charge is 2.26. The molecule has 0 aliphatic heterocycles. The Bertz CT molecular complexity index is 500.